The molecule has 27 heavy (non-hydrogen) atoms. The lowest BCUT2D eigenvalue weighted by Gasteiger charge is -2.33. The number of rotatable bonds is 4. The monoisotopic (exact) mass is 379 g/mol. The fourth-order valence-electron chi connectivity index (χ4n) is 2.86. The number of piperazine rings is 1. The number of nitrogens with zero attached hydrogens (tertiary/aromatic N) is 4. The fourth-order valence-corrected chi connectivity index (χ4v) is 2.86. The molecule has 0 radical (unpaired) electrons. The Balaban J connectivity index is 1.65. The molecule has 3 rings (SSSR count). The van der Waals surface area contributed by atoms with Crippen LogP contribution in [0.25, 0.3) is 0 Å². The van der Waals surface area contributed by atoms with Crippen LogP contribution in [0.3, 0.4) is 0 Å². The molecule has 6 nitrogen and oxygen atoms in total. The Morgan fingerprint density at radius 3 is 2.41 bits per heavy atom. The second-order valence-corrected chi connectivity index (χ2v) is 6.23. The number of halogens is 3. The number of hydrogen-bond acceptors (Lipinski definition) is 5. The molecule has 9 heteroatoms. The molecule has 0 bridgehead atoms. The minimum absolute atomic E-state index is 0.127. The van der Waals surface area contributed by atoms with Crippen LogP contribution in [0.15, 0.2) is 36.7 Å². The van der Waals surface area contributed by atoms with Gasteiger partial charge in [0.1, 0.15) is 0 Å². The van der Waals surface area contributed by atoms with Gasteiger partial charge in [-0.15, -0.1) is 0 Å². The molecule has 1 aromatic heterocycles. The Kier molecular flexibility index (Phi) is 5.59. The van der Waals surface area contributed by atoms with Crippen molar-refractivity contribution in [3.8, 4) is 0 Å². The number of aromatic nitrogens is 2. The van der Waals surface area contributed by atoms with E-state index in [-0.39, 0.29) is 17.5 Å². The SMILES string of the molecule is CCN1CCN(C(=O)c2cnc(Nc3cccc(C(F)(F)F)c3)nc2)CC1. The van der Waals surface area contributed by atoms with Crippen LogP contribution in [-0.4, -0.2) is 58.4 Å². The smallest absolute Gasteiger partial charge is 0.336 e. The van der Waals surface area contributed by atoms with Crippen molar-refractivity contribution in [3.05, 3.63) is 47.8 Å². The Bertz CT molecular complexity index is 786. The number of carbonyl (C=O) groups excluding carboxylic acids is 1. The third kappa shape index (κ3) is 4.73. The van der Waals surface area contributed by atoms with Gasteiger partial charge in [0.25, 0.3) is 5.91 Å². The summed E-state index contributed by atoms with van der Waals surface area (Å²) in [5.41, 5.74) is -0.181. The van der Waals surface area contributed by atoms with Crippen LogP contribution in [0.4, 0.5) is 24.8 Å². The zero-order valence-corrected chi connectivity index (χ0v) is 14.8. The molecule has 0 unspecified atom stereocenters. The van der Waals surface area contributed by atoms with Crippen molar-refractivity contribution < 1.29 is 18.0 Å². The predicted octanol–water partition coefficient (Wildman–Crippen LogP) is 3.02. The number of nitrogens with one attached hydrogen (secondary N) is 1. The van der Waals surface area contributed by atoms with E-state index in [1.807, 2.05) is 0 Å². The molecule has 0 atom stereocenters. The molecule has 0 spiro atoms. The first-order valence-electron chi connectivity index (χ1n) is 8.65. The molecule has 1 aromatic carbocycles. The molecule has 0 aliphatic carbocycles. The lowest BCUT2D eigenvalue weighted by molar-refractivity contribution is -0.137. The van der Waals surface area contributed by atoms with Crippen LogP contribution in [0, 0.1) is 0 Å². The minimum Gasteiger partial charge on any atom is -0.336 e. The highest BCUT2D eigenvalue weighted by Gasteiger charge is 2.30. The molecule has 1 fully saturated rings. The van der Waals surface area contributed by atoms with Crippen LogP contribution in [0.5, 0.6) is 0 Å². The van der Waals surface area contributed by atoms with Gasteiger partial charge in [-0.3, -0.25) is 4.79 Å². The highest BCUT2D eigenvalue weighted by molar-refractivity contribution is 5.93. The quantitative estimate of drug-likeness (QED) is 0.885. The highest BCUT2D eigenvalue weighted by atomic mass is 19.4. The van der Waals surface area contributed by atoms with E-state index < -0.39 is 11.7 Å². The first-order valence-corrected chi connectivity index (χ1v) is 8.65. The molecule has 2 aromatic rings. The van der Waals surface area contributed by atoms with Crippen LogP contribution in [0.1, 0.15) is 22.8 Å². The first kappa shape index (κ1) is 19.1. The summed E-state index contributed by atoms with van der Waals surface area (Å²) in [6.07, 6.45) is -1.65. The molecule has 1 amide bonds. The van der Waals surface area contributed by atoms with Gasteiger partial charge in [0.15, 0.2) is 0 Å². The third-order valence-electron chi connectivity index (χ3n) is 4.45. The van der Waals surface area contributed by atoms with E-state index >= 15 is 0 Å². The Morgan fingerprint density at radius 1 is 1.15 bits per heavy atom. The lowest BCUT2D eigenvalue weighted by Crippen LogP contribution is -2.48. The van der Waals surface area contributed by atoms with Crippen molar-refractivity contribution in [3.63, 3.8) is 0 Å². The molecule has 1 N–H and O–H groups in total. The van der Waals surface area contributed by atoms with Crippen LogP contribution < -0.4 is 5.32 Å². The number of benzene rings is 1. The average molecular weight is 379 g/mol. The van der Waals surface area contributed by atoms with E-state index in [4.69, 9.17) is 0 Å². The van der Waals surface area contributed by atoms with Crippen LogP contribution >= 0.6 is 0 Å². The van der Waals surface area contributed by atoms with Gasteiger partial charge >= 0.3 is 6.18 Å². The zero-order valence-electron chi connectivity index (χ0n) is 14.8. The number of amides is 1. The van der Waals surface area contributed by atoms with Crippen molar-refractivity contribution in [1.29, 1.82) is 0 Å². The number of likely N-dealkylation sites (N-methyl/N-ethyl adjacent to an activating group) is 1. The Hall–Kier alpha value is -2.68. The van der Waals surface area contributed by atoms with Gasteiger partial charge in [0.2, 0.25) is 5.95 Å². The van der Waals surface area contributed by atoms with Gasteiger partial charge in [-0.25, -0.2) is 9.97 Å². The van der Waals surface area contributed by atoms with Crippen molar-refractivity contribution >= 4 is 17.5 Å². The summed E-state index contributed by atoms with van der Waals surface area (Å²) in [7, 11) is 0. The molecular weight excluding hydrogens is 359 g/mol. The second kappa shape index (κ2) is 7.91. The highest BCUT2D eigenvalue weighted by Crippen LogP contribution is 2.31. The van der Waals surface area contributed by atoms with Gasteiger partial charge in [0.05, 0.1) is 11.1 Å². The summed E-state index contributed by atoms with van der Waals surface area (Å²) in [6, 6.07) is 4.77. The van der Waals surface area contributed by atoms with E-state index in [9.17, 15) is 18.0 Å². The summed E-state index contributed by atoms with van der Waals surface area (Å²) in [5, 5.41) is 2.72. The molecule has 1 saturated heterocycles. The van der Waals surface area contributed by atoms with Crippen LogP contribution in [-0.2, 0) is 6.18 Å². The maximum atomic E-state index is 12.8. The Labute approximate surface area is 155 Å². The van der Waals surface area contributed by atoms with Gasteiger partial charge in [-0.05, 0) is 24.7 Å². The van der Waals surface area contributed by atoms with Crippen molar-refractivity contribution in [2.24, 2.45) is 0 Å². The fraction of sp³-hybridized carbons (Fsp3) is 0.389. The second-order valence-electron chi connectivity index (χ2n) is 6.23. The van der Waals surface area contributed by atoms with Gasteiger partial charge < -0.3 is 15.1 Å². The number of hydrogen-bond donors (Lipinski definition) is 1. The van der Waals surface area contributed by atoms with E-state index in [1.165, 1.54) is 24.5 Å². The summed E-state index contributed by atoms with van der Waals surface area (Å²) in [6.45, 7) is 6.01. The van der Waals surface area contributed by atoms with E-state index in [2.05, 4.69) is 27.1 Å². The molecule has 0 saturated carbocycles. The molecule has 1 aliphatic rings. The lowest BCUT2D eigenvalue weighted by atomic mass is 10.2. The van der Waals surface area contributed by atoms with Gasteiger partial charge in [0, 0.05) is 44.3 Å². The number of carbonyl (C=O) groups is 1. The number of anilines is 2. The van der Waals surface area contributed by atoms with E-state index in [0.717, 1.165) is 31.8 Å². The largest absolute Gasteiger partial charge is 0.416 e. The summed E-state index contributed by atoms with van der Waals surface area (Å²) >= 11 is 0. The van der Waals surface area contributed by atoms with Crippen molar-refractivity contribution in [1.82, 2.24) is 19.8 Å². The normalized spacial score (nSPS) is 15.6. The predicted molar refractivity (Wildman–Crippen MR) is 94.8 cm³/mol. The number of alkyl halides is 3. The van der Waals surface area contributed by atoms with Crippen molar-refractivity contribution in [2.75, 3.05) is 38.0 Å². The Morgan fingerprint density at radius 2 is 1.81 bits per heavy atom. The molecular formula is C18H20F3N5O. The van der Waals surface area contributed by atoms with Crippen molar-refractivity contribution in [2.45, 2.75) is 13.1 Å². The zero-order chi connectivity index (χ0) is 19.4. The topological polar surface area (TPSA) is 61.4 Å². The maximum absolute atomic E-state index is 12.8. The summed E-state index contributed by atoms with van der Waals surface area (Å²) in [4.78, 5) is 24.6. The van der Waals surface area contributed by atoms with Crippen LogP contribution in [0.2, 0.25) is 0 Å². The van der Waals surface area contributed by atoms with Gasteiger partial charge in [-0.2, -0.15) is 13.2 Å². The summed E-state index contributed by atoms with van der Waals surface area (Å²) < 4.78 is 38.3. The van der Waals surface area contributed by atoms with E-state index in [1.54, 1.807) is 4.90 Å². The molecule has 1 aliphatic heterocycles. The van der Waals surface area contributed by atoms with E-state index in [0.29, 0.717) is 18.7 Å². The third-order valence-corrected chi connectivity index (χ3v) is 4.45. The minimum atomic E-state index is -4.42. The molecule has 2 heterocycles. The average Bonchev–Trinajstić information content (AvgIpc) is 2.68. The van der Waals surface area contributed by atoms with Gasteiger partial charge in [-0.1, -0.05) is 13.0 Å². The molecule has 144 valence electrons. The maximum Gasteiger partial charge on any atom is 0.416 e. The summed E-state index contributed by atoms with van der Waals surface area (Å²) in [5.74, 6) is -0.0157. The first-order chi connectivity index (χ1) is 12.9. The standard InChI is InChI=1S/C18H20F3N5O/c1-2-25-6-8-26(9-7-25)16(27)13-11-22-17(23-12-13)24-15-5-3-4-14(10-15)18(19,20)21/h3-5,10-12H,2,6-9H2,1H3,(H,22,23,24).